The molecule has 2 N–H and O–H groups in total. The average Bonchev–Trinajstić information content (AvgIpc) is 2.38. The predicted octanol–water partition coefficient (Wildman–Crippen LogP) is 2.14. The number of nitrogens with one attached hydrogen (secondary N) is 1. The highest BCUT2D eigenvalue weighted by atomic mass is 16.7. The number of fused-ring (bicyclic) bond motifs is 1. The molecule has 2 rings (SSSR count). The van der Waals surface area contributed by atoms with Crippen molar-refractivity contribution in [3.8, 4) is 6.07 Å². The molecular weight excluding hydrogens is 232 g/mol. The van der Waals surface area contributed by atoms with Gasteiger partial charge >= 0.3 is 5.97 Å². The standard InChI is InChI=1S/C13H10N2O3/c14-7-9-5-6-12(15-18-8-13(16)17)11-4-2-1-3-10(9)11/h1-6,15H,8H2,(H,16,17). The SMILES string of the molecule is N#Cc1ccc(NOCC(=O)O)c2ccccc12. The number of nitrogens with zero attached hydrogens (tertiary/aromatic N) is 1. The molecule has 2 aromatic rings. The molecule has 0 radical (unpaired) electrons. The molecule has 0 saturated carbocycles. The zero-order valence-corrected chi connectivity index (χ0v) is 9.38. The van der Waals surface area contributed by atoms with Crippen molar-refractivity contribution >= 4 is 22.4 Å². The monoisotopic (exact) mass is 242 g/mol. The molecule has 0 spiro atoms. The number of hydrogen-bond acceptors (Lipinski definition) is 4. The van der Waals surface area contributed by atoms with Crippen molar-refractivity contribution in [3.63, 3.8) is 0 Å². The van der Waals surface area contributed by atoms with E-state index in [1.807, 2.05) is 24.3 Å². The fourth-order valence-electron chi connectivity index (χ4n) is 1.66. The van der Waals surface area contributed by atoms with Gasteiger partial charge in [-0.25, -0.2) is 4.79 Å². The smallest absolute Gasteiger partial charge is 0.332 e. The van der Waals surface area contributed by atoms with Gasteiger partial charge in [-0.2, -0.15) is 5.26 Å². The molecule has 0 aromatic heterocycles. The summed E-state index contributed by atoms with van der Waals surface area (Å²) in [6.07, 6.45) is 0. The normalized spacial score (nSPS) is 9.94. The van der Waals surface area contributed by atoms with Gasteiger partial charge in [0.2, 0.25) is 0 Å². The lowest BCUT2D eigenvalue weighted by Gasteiger charge is -2.09. The van der Waals surface area contributed by atoms with Gasteiger partial charge in [0.05, 0.1) is 17.3 Å². The summed E-state index contributed by atoms with van der Waals surface area (Å²) in [6.45, 7) is -0.436. The molecule has 0 atom stereocenters. The molecule has 0 aliphatic rings. The molecule has 0 bridgehead atoms. The van der Waals surface area contributed by atoms with Crippen molar-refractivity contribution < 1.29 is 14.7 Å². The second-order valence-electron chi connectivity index (χ2n) is 3.60. The zero-order valence-electron chi connectivity index (χ0n) is 9.38. The maximum Gasteiger partial charge on any atom is 0.332 e. The summed E-state index contributed by atoms with van der Waals surface area (Å²) >= 11 is 0. The molecule has 0 amide bonds. The Labute approximate surface area is 103 Å². The van der Waals surface area contributed by atoms with E-state index in [-0.39, 0.29) is 0 Å². The number of hydrogen-bond donors (Lipinski definition) is 2. The Bertz CT molecular complexity index is 632. The van der Waals surface area contributed by atoms with E-state index in [1.54, 1.807) is 12.1 Å². The minimum absolute atomic E-state index is 0.436. The van der Waals surface area contributed by atoms with Crippen molar-refractivity contribution in [3.05, 3.63) is 42.0 Å². The summed E-state index contributed by atoms with van der Waals surface area (Å²) in [7, 11) is 0. The first-order valence-corrected chi connectivity index (χ1v) is 5.24. The lowest BCUT2D eigenvalue weighted by Crippen LogP contribution is -2.11. The van der Waals surface area contributed by atoms with Gasteiger partial charge in [0, 0.05) is 10.8 Å². The lowest BCUT2D eigenvalue weighted by atomic mass is 10.0. The van der Waals surface area contributed by atoms with E-state index in [1.165, 1.54) is 0 Å². The highest BCUT2D eigenvalue weighted by Crippen LogP contribution is 2.26. The summed E-state index contributed by atoms with van der Waals surface area (Å²) in [5.41, 5.74) is 3.77. The van der Waals surface area contributed by atoms with E-state index in [0.717, 1.165) is 10.8 Å². The van der Waals surface area contributed by atoms with Crippen molar-refractivity contribution in [2.75, 3.05) is 12.1 Å². The fourth-order valence-corrected chi connectivity index (χ4v) is 1.66. The molecule has 0 fully saturated rings. The molecule has 0 heterocycles. The van der Waals surface area contributed by atoms with Crippen LogP contribution < -0.4 is 5.48 Å². The Hall–Kier alpha value is -2.58. The number of rotatable bonds is 4. The van der Waals surface area contributed by atoms with Gasteiger partial charge in [-0.1, -0.05) is 24.3 Å². The van der Waals surface area contributed by atoms with Crippen LogP contribution in [0.2, 0.25) is 0 Å². The van der Waals surface area contributed by atoms with Gasteiger partial charge in [0.15, 0.2) is 6.61 Å². The number of benzene rings is 2. The first-order chi connectivity index (χ1) is 8.72. The van der Waals surface area contributed by atoms with Gasteiger partial charge in [0.1, 0.15) is 0 Å². The van der Waals surface area contributed by atoms with Crippen LogP contribution in [-0.2, 0) is 9.63 Å². The molecule has 90 valence electrons. The number of carbonyl (C=O) groups is 1. The average molecular weight is 242 g/mol. The highest BCUT2D eigenvalue weighted by Gasteiger charge is 2.05. The molecule has 0 unspecified atom stereocenters. The lowest BCUT2D eigenvalue weighted by molar-refractivity contribution is -0.141. The summed E-state index contributed by atoms with van der Waals surface area (Å²) in [6, 6.07) is 12.8. The van der Waals surface area contributed by atoms with Gasteiger partial charge in [-0.3, -0.25) is 10.3 Å². The van der Waals surface area contributed by atoms with Crippen LogP contribution in [0.3, 0.4) is 0 Å². The van der Waals surface area contributed by atoms with Crippen LogP contribution in [0.1, 0.15) is 5.56 Å². The Balaban J connectivity index is 2.35. The van der Waals surface area contributed by atoms with E-state index in [9.17, 15) is 4.79 Å². The predicted molar refractivity (Wildman–Crippen MR) is 65.9 cm³/mol. The molecule has 2 aromatic carbocycles. The Morgan fingerprint density at radius 1 is 1.28 bits per heavy atom. The van der Waals surface area contributed by atoms with Crippen LogP contribution in [0.25, 0.3) is 10.8 Å². The topological polar surface area (TPSA) is 82.3 Å². The molecule has 5 nitrogen and oxygen atoms in total. The van der Waals surface area contributed by atoms with Crippen LogP contribution in [-0.4, -0.2) is 17.7 Å². The van der Waals surface area contributed by atoms with E-state index >= 15 is 0 Å². The van der Waals surface area contributed by atoms with E-state index in [0.29, 0.717) is 11.3 Å². The van der Waals surface area contributed by atoms with Crippen LogP contribution in [0.5, 0.6) is 0 Å². The maximum absolute atomic E-state index is 10.3. The van der Waals surface area contributed by atoms with Crippen LogP contribution in [0.15, 0.2) is 36.4 Å². The van der Waals surface area contributed by atoms with Crippen molar-refractivity contribution in [1.82, 2.24) is 0 Å². The molecule has 0 aliphatic heterocycles. The van der Waals surface area contributed by atoms with Crippen LogP contribution in [0, 0.1) is 11.3 Å². The quantitative estimate of drug-likeness (QED) is 0.802. The van der Waals surface area contributed by atoms with Gasteiger partial charge < -0.3 is 5.11 Å². The van der Waals surface area contributed by atoms with Crippen LogP contribution >= 0.6 is 0 Å². The maximum atomic E-state index is 10.3. The summed E-state index contributed by atoms with van der Waals surface area (Å²) < 4.78 is 0. The number of anilines is 1. The Morgan fingerprint density at radius 2 is 2.00 bits per heavy atom. The molecule has 5 heteroatoms. The first-order valence-electron chi connectivity index (χ1n) is 5.24. The number of carboxylic acid groups (broad SMARTS) is 1. The molecule has 0 saturated heterocycles. The minimum Gasteiger partial charge on any atom is -0.479 e. The Morgan fingerprint density at radius 3 is 2.67 bits per heavy atom. The highest BCUT2D eigenvalue weighted by molar-refractivity contribution is 5.97. The van der Waals surface area contributed by atoms with Gasteiger partial charge in [0.25, 0.3) is 0 Å². The van der Waals surface area contributed by atoms with Crippen molar-refractivity contribution in [2.45, 2.75) is 0 Å². The molecule has 18 heavy (non-hydrogen) atoms. The summed E-state index contributed by atoms with van der Waals surface area (Å²) in [5.74, 6) is -1.06. The van der Waals surface area contributed by atoms with E-state index in [4.69, 9.17) is 15.2 Å². The third-order valence-electron chi connectivity index (χ3n) is 2.42. The van der Waals surface area contributed by atoms with Gasteiger partial charge in [-0.15, -0.1) is 0 Å². The van der Waals surface area contributed by atoms with E-state index < -0.39 is 12.6 Å². The van der Waals surface area contributed by atoms with Crippen LogP contribution in [0.4, 0.5) is 5.69 Å². The van der Waals surface area contributed by atoms with Crippen molar-refractivity contribution in [1.29, 1.82) is 5.26 Å². The van der Waals surface area contributed by atoms with Crippen molar-refractivity contribution in [2.24, 2.45) is 0 Å². The Kier molecular flexibility index (Phi) is 3.41. The number of carboxylic acids is 1. The first kappa shape index (κ1) is 11.9. The fraction of sp³-hybridized carbons (Fsp3) is 0.0769. The zero-order chi connectivity index (χ0) is 13.0. The van der Waals surface area contributed by atoms with E-state index in [2.05, 4.69) is 11.5 Å². The summed E-state index contributed by atoms with van der Waals surface area (Å²) in [5, 5.41) is 19.1. The second-order valence-corrected chi connectivity index (χ2v) is 3.60. The second kappa shape index (κ2) is 5.17. The molecule has 0 aliphatic carbocycles. The summed E-state index contributed by atoms with van der Waals surface area (Å²) in [4.78, 5) is 15.2. The number of aliphatic carboxylic acids is 1. The largest absolute Gasteiger partial charge is 0.479 e. The van der Waals surface area contributed by atoms with Gasteiger partial charge in [-0.05, 0) is 12.1 Å². The third-order valence-corrected chi connectivity index (χ3v) is 2.42. The molecular formula is C13H10N2O3. The minimum atomic E-state index is -1.06. The third kappa shape index (κ3) is 2.39. The number of nitriles is 1.